The summed E-state index contributed by atoms with van der Waals surface area (Å²) < 4.78 is 5.02. The van der Waals surface area contributed by atoms with Crippen LogP contribution in [0, 0.1) is 0 Å². The predicted molar refractivity (Wildman–Crippen MR) is 83.7 cm³/mol. The smallest absolute Gasteiger partial charge is 0.412 e. The fourth-order valence-corrected chi connectivity index (χ4v) is 2.19. The maximum absolute atomic E-state index is 11.8. The van der Waals surface area contributed by atoms with Gasteiger partial charge in [0.05, 0.1) is 15.7 Å². The van der Waals surface area contributed by atoms with Crippen molar-refractivity contribution in [3.8, 4) is 0 Å². The number of benzene rings is 2. The summed E-state index contributed by atoms with van der Waals surface area (Å²) in [4.78, 5) is 23.0. The van der Waals surface area contributed by atoms with Gasteiger partial charge in [0.2, 0.25) is 0 Å². The van der Waals surface area contributed by atoms with Gasteiger partial charge in [-0.05, 0) is 17.7 Å². The van der Waals surface area contributed by atoms with Crippen LogP contribution in [0.1, 0.15) is 15.9 Å². The van der Waals surface area contributed by atoms with Gasteiger partial charge in [0.15, 0.2) is 0 Å². The number of nitrogens with one attached hydrogen (secondary N) is 1. The van der Waals surface area contributed by atoms with Gasteiger partial charge >= 0.3 is 12.1 Å². The summed E-state index contributed by atoms with van der Waals surface area (Å²) in [7, 11) is 0. The third-order valence-electron chi connectivity index (χ3n) is 2.76. The van der Waals surface area contributed by atoms with Crippen LogP contribution >= 0.6 is 23.2 Å². The van der Waals surface area contributed by atoms with E-state index in [1.165, 1.54) is 12.1 Å². The Bertz CT molecular complexity index is 704. The van der Waals surface area contributed by atoms with E-state index in [1.807, 2.05) is 18.2 Å². The van der Waals surface area contributed by atoms with Crippen molar-refractivity contribution in [1.82, 2.24) is 0 Å². The lowest BCUT2D eigenvalue weighted by Gasteiger charge is -2.12. The average Bonchev–Trinajstić information content (AvgIpc) is 2.49. The number of carboxylic acid groups (broad SMARTS) is 1. The fourth-order valence-electron chi connectivity index (χ4n) is 1.74. The minimum absolute atomic E-state index is 0.0322. The molecule has 2 aromatic rings. The Kier molecular flexibility index (Phi) is 5.25. The second-order valence-electron chi connectivity index (χ2n) is 4.27. The van der Waals surface area contributed by atoms with Gasteiger partial charge in [0.1, 0.15) is 12.2 Å². The van der Waals surface area contributed by atoms with Crippen LogP contribution < -0.4 is 5.32 Å². The van der Waals surface area contributed by atoms with E-state index in [1.54, 1.807) is 12.1 Å². The topological polar surface area (TPSA) is 75.6 Å². The van der Waals surface area contributed by atoms with Crippen LogP contribution in [0.15, 0.2) is 42.5 Å². The summed E-state index contributed by atoms with van der Waals surface area (Å²) in [5, 5.41) is 11.5. The van der Waals surface area contributed by atoms with Gasteiger partial charge in [0.25, 0.3) is 0 Å². The molecule has 7 heteroatoms. The zero-order valence-corrected chi connectivity index (χ0v) is 12.7. The van der Waals surface area contributed by atoms with E-state index in [-0.39, 0.29) is 27.9 Å². The number of hydrogen-bond acceptors (Lipinski definition) is 3. The molecule has 0 fully saturated rings. The minimum Gasteiger partial charge on any atom is -0.478 e. The maximum atomic E-state index is 11.8. The predicted octanol–water partition coefficient (Wildman–Crippen LogP) is 4.44. The molecule has 0 aliphatic carbocycles. The number of amides is 1. The fraction of sp³-hybridized carbons (Fsp3) is 0.0667. The van der Waals surface area contributed by atoms with Crippen LogP contribution in [0.2, 0.25) is 10.0 Å². The number of hydrogen-bond donors (Lipinski definition) is 2. The number of carbonyl (C=O) groups excluding carboxylic acids is 1. The van der Waals surface area contributed by atoms with Crippen molar-refractivity contribution < 1.29 is 19.4 Å². The maximum Gasteiger partial charge on any atom is 0.412 e. The molecule has 2 N–H and O–H groups in total. The van der Waals surface area contributed by atoms with Gasteiger partial charge in [-0.25, -0.2) is 9.59 Å². The summed E-state index contributed by atoms with van der Waals surface area (Å²) in [5.74, 6) is -1.30. The normalized spacial score (nSPS) is 10.1. The van der Waals surface area contributed by atoms with Gasteiger partial charge in [-0.15, -0.1) is 0 Å². The van der Waals surface area contributed by atoms with Gasteiger partial charge in [-0.2, -0.15) is 0 Å². The summed E-state index contributed by atoms with van der Waals surface area (Å²) in [6, 6.07) is 11.8. The third-order valence-corrected chi connectivity index (χ3v) is 3.39. The Morgan fingerprint density at radius 1 is 1.05 bits per heavy atom. The van der Waals surface area contributed by atoms with Crippen LogP contribution in [0.25, 0.3) is 0 Å². The molecule has 0 aliphatic rings. The molecular formula is C15H11Cl2NO4. The Morgan fingerprint density at radius 3 is 2.32 bits per heavy atom. The summed E-state index contributed by atoms with van der Waals surface area (Å²) in [5.41, 5.74) is 0.416. The van der Waals surface area contributed by atoms with Crippen molar-refractivity contribution in [2.24, 2.45) is 0 Å². The van der Waals surface area contributed by atoms with E-state index in [0.717, 1.165) is 5.56 Å². The zero-order chi connectivity index (χ0) is 16.1. The number of carbonyl (C=O) groups is 2. The van der Waals surface area contributed by atoms with Crippen LogP contribution in [-0.4, -0.2) is 17.2 Å². The Balaban J connectivity index is 2.12. The molecule has 0 radical (unpaired) electrons. The van der Waals surface area contributed by atoms with E-state index < -0.39 is 12.1 Å². The summed E-state index contributed by atoms with van der Waals surface area (Å²) >= 11 is 11.7. The molecule has 0 heterocycles. The summed E-state index contributed by atoms with van der Waals surface area (Å²) in [6.45, 7) is 0.0489. The molecule has 0 atom stereocenters. The molecule has 0 aromatic heterocycles. The molecule has 0 spiro atoms. The van der Waals surface area contributed by atoms with Crippen LogP contribution in [0.3, 0.4) is 0 Å². The standard InChI is InChI=1S/C15H11Cl2NO4/c16-10-6-7-11(17)13(12(10)14(19)20)18-15(21)22-8-9-4-2-1-3-5-9/h1-7H,8H2,(H,18,21)(H,19,20). The highest BCUT2D eigenvalue weighted by Gasteiger charge is 2.20. The molecule has 5 nitrogen and oxygen atoms in total. The molecule has 0 aliphatic heterocycles. The van der Waals surface area contributed by atoms with Crippen molar-refractivity contribution in [3.63, 3.8) is 0 Å². The van der Waals surface area contributed by atoms with Crippen molar-refractivity contribution in [2.75, 3.05) is 5.32 Å². The van der Waals surface area contributed by atoms with Gasteiger partial charge in [0, 0.05) is 0 Å². The Hall–Kier alpha value is -2.24. The third kappa shape index (κ3) is 3.90. The highest BCUT2D eigenvalue weighted by molar-refractivity contribution is 6.38. The lowest BCUT2D eigenvalue weighted by atomic mass is 10.2. The van der Waals surface area contributed by atoms with Crippen molar-refractivity contribution in [3.05, 3.63) is 63.6 Å². The monoisotopic (exact) mass is 339 g/mol. The van der Waals surface area contributed by atoms with Gasteiger partial charge in [-0.1, -0.05) is 53.5 Å². The van der Waals surface area contributed by atoms with E-state index in [4.69, 9.17) is 33.0 Å². The van der Waals surface area contributed by atoms with E-state index in [2.05, 4.69) is 5.32 Å². The number of rotatable bonds is 4. The van der Waals surface area contributed by atoms with Gasteiger partial charge in [-0.3, -0.25) is 5.32 Å². The van der Waals surface area contributed by atoms with Crippen LogP contribution in [-0.2, 0) is 11.3 Å². The number of aromatic carboxylic acids is 1. The highest BCUT2D eigenvalue weighted by Crippen LogP contribution is 2.32. The Labute approximate surface area is 136 Å². The van der Waals surface area contributed by atoms with Crippen LogP contribution in [0.5, 0.6) is 0 Å². The molecule has 0 saturated heterocycles. The second-order valence-corrected chi connectivity index (χ2v) is 5.09. The quantitative estimate of drug-likeness (QED) is 0.863. The zero-order valence-electron chi connectivity index (χ0n) is 11.2. The van der Waals surface area contributed by atoms with Crippen LogP contribution in [0.4, 0.5) is 10.5 Å². The van der Waals surface area contributed by atoms with Crippen molar-refractivity contribution in [2.45, 2.75) is 6.61 Å². The highest BCUT2D eigenvalue weighted by atomic mass is 35.5. The summed E-state index contributed by atoms with van der Waals surface area (Å²) in [6.07, 6.45) is -0.824. The van der Waals surface area contributed by atoms with Crippen molar-refractivity contribution in [1.29, 1.82) is 0 Å². The number of halogens is 2. The number of carboxylic acids is 1. The first-order chi connectivity index (χ1) is 10.5. The minimum atomic E-state index is -1.30. The van der Waals surface area contributed by atoms with E-state index in [9.17, 15) is 9.59 Å². The molecule has 0 saturated carbocycles. The van der Waals surface area contributed by atoms with E-state index >= 15 is 0 Å². The Morgan fingerprint density at radius 2 is 1.68 bits per heavy atom. The second kappa shape index (κ2) is 7.15. The largest absolute Gasteiger partial charge is 0.478 e. The SMILES string of the molecule is O=C(Nc1c(Cl)ccc(Cl)c1C(=O)O)OCc1ccccc1. The lowest BCUT2D eigenvalue weighted by Crippen LogP contribution is -2.16. The molecule has 1 amide bonds. The average molecular weight is 340 g/mol. The van der Waals surface area contributed by atoms with Gasteiger partial charge < -0.3 is 9.84 Å². The first-order valence-corrected chi connectivity index (χ1v) is 6.93. The number of anilines is 1. The van der Waals surface area contributed by atoms with Crippen molar-refractivity contribution >= 4 is 41.0 Å². The van der Waals surface area contributed by atoms with E-state index in [0.29, 0.717) is 0 Å². The lowest BCUT2D eigenvalue weighted by molar-refractivity contribution is 0.0698. The molecule has 2 aromatic carbocycles. The number of ether oxygens (including phenoxy) is 1. The molecular weight excluding hydrogens is 329 g/mol. The molecule has 22 heavy (non-hydrogen) atoms. The molecule has 114 valence electrons. The molecule has 0 bridgehead atoms. The first-order valence-electron chi connectivity index (χ1n) is 6.18. The first kappa shape index (κ1) is 16.1. The molecule has 2 rings (SSSR count). The molecule has 0 unspecified atom stereocenters.